The fraction of sp³-hybridized carbons (Fsp3) is 0.143. The van der Waals surface area contributed by atoms with Crippen LogP contribution in [-0.2, 0) is 21.4 Å². The standard InChI is InChI=1S/C21H21N3O5S2/c1-22-20(25)14-29-17-5-2-4-16(12-17)24-21(26)15-7-9-19(10-8-15)31(27,28)23-13-18-6-3-11-30-18/h2-12,23H,13-14H2,1H3,(H,22,25)(H,24,26). The summed E-state index contributed by atoms with van der Waals surface area (Å²) in [5.41, 5.74) is 0.780. The third-order valence-electron chi connectivity index (χ3n) is 4.18. The fourth-order valence-corrected chi connectivity index (χ4v) is 4.28. The summed E-state index contributed by atoms with van der Waals surface area (Å²) in [6, 6.07) is 16.0. The lowest BCUT2D eigenvalue weighted by molar-refractivity contribution is -0.122. The predicted molar refractivity (Wildman–Crippen MR) is 119 cm³/mol. The molecule has 10 heteroatoms. The van der Waals surface area contributed by atoms with Crippen molar-refractivity contribution >= 4 is 38.9 Å². The van der Waals surface area contributed by atoms with Gasteiger partial charge >= 0.3 is 0 Å². The van der Waals surface area contributed by atoms with E-state index in [9.17, 15) is 18.0 Å². The Labute approximate surface area is 184 Å². The molecule has 3 rings (SSSR count). The minimum atomic E-state index is -3.68. The van der Waals surface area contributed by atoms with Crippen LogP contribution in [-0.4, -0.2) is 33.9 Å². The second-order valence-corrected chi connectivity index (χ2v) is 9.17. The number of likely N-dealkylation sites (N-methyl/N-ethyl adjacent to an activating group) is 1. The molecule has 0 spiro atoms. The maximum atomic E-state index is 12.5. The van der Waals surface area contributed by atoms with Crippen molar-refractivity contribution < 1.29 is 22.7 Å². The van der Waals surface area contributed by atoms with Crippen LogP contribution >= 0.6 is 11.3 Å². The Morgan fingerprint density at radius 2 is 1.81 bits per heavy atom. The van der Waals surface area contributed by atoms with Crippen LogP contribution in [0.4, 0.5) is 5.69 Å². The number of ether oxygens (including phenoxy) is 1. The van der Waals surface area contributed by atoms with Crippen LogP contribution in [0.15, 0.2) is 70.9 Å². The molecule has 1 aromatic heterocycles. The van der Waals surface area contributed by atoms with Gasteiger partial charge in [0, 0.05) is 35.8 Å². The van der Waals surface area contributed by atoms with E-state index in [1.54, 1.807) is 24.3 Å². The van der Waals surface area contributed by atoms with Gasteiger partial charge in [-0.05, 0) is 47.8 Å². The lowest BCUT2D eigenvalue weighted by atomic mass is 10.2. The number of nitrogens with one attached hydrogen (secondary N) is 3. The third kappa shape index (κ3) is 6.38. The van der Waals surface area contributed by atoms with Gasteiger partial charge in [0.15, 0.2) is 6.61 Å². The molecule has 0 radical (unpaired) electrons. The molecule has 0 aliphatic rings. The van der Waals surface area contributed by atoms with Crippen molar-refractivity contribution in [2.75, 3.05) is 19.0 Å². The molecule has 0 unspecified atom stereocenters. The molecule has 0 saturated heterocycles. The minimum Gasteiger partial charge on any atom is -0.484 e. The summed E-state index contributed by atoms with van der Waals surface area (Å²) in [6.45, 7) is 0.0743. The lowest BCUT2D eigenvalue weighted by Crippen LogP contribution is -2.24. The third-order valence-corrected chi connectivity index (χ3v) is 6.48. The van der Waals surface area contributed by atoms with Gasteiger partial charge in [-0.25, -0.2) is 13.1 Å². The Bertz CT molecular complexity index is 1140. The zero-order valence-corrected chi connectivity index (χ0v) is 18.3. The number of rotatable bonds is 9. The van der Waals surface area contributed by atoms with Crippen molar-refractivity contribution in [3.63, 3.8) is 0 Å². The van der Waals surface area contributed by atoms with Crippen molar-refractivity contribution in [3.05, 3.63) is 76.5 Å². The van der Waals surface area contributed by atoms with Crippen LogP contribution < -0.4 is 20.1 Å². The van der Waals surface area contributed by atoms with E-state index in [0.717, 1.165) is 4.88 Å². The summed E-state index contributed by atoms with van der Waals surface area (Å²) < 4.78 is 32.7. The molecule has 0 aliphatic heterocycles. The molecule has 0 bridgehead atoms. The molecule has 31 heavy (non-hydrogen) atoms. The van der Waals surface area contributed by atoms with E-state index in [0.29, 0.717) is 17.0 Å². The predicted octanol–water partition coefficient (Wildman–Crippen LogP) is 2.60. The fourth-order valence-electron chi connectivity index (χ4n) is 2.54. The van der Waals surface area contributed by atoms with Crippen LogP contribution in [0.25, 0.3) is 0 Å². The van der Waals surface area contributed by atoms with Gasteiger partial charge in [0.1, 0.15) is 5.75 Å². The highest BCUT2D eigenvalue weighted by molar-refractivity contribution is 7.89. The smallest absolute Gasteiger partial charge is 0.257 e. The number of carbonyl (C=O) groups is 2. The van der Waals surface area contributed by atoms with Crippen LogP contribution in [0.3, 0.4) is 0 Å². The number of sulfonamides is 1. The average molecular weight is 460 g/mol. The minimum absolute atomic E-state index is 0.0743. The number of carbonyl (C=O) groups excluding carboxylic acids is 2. The molecule has 0 fully saturated rings. The Balaban J connectivity index is 1.62. The van der Waals surface area contributed by atoms with Gasteiger partial charge in [-0.3, -0.25) is 9.59 Å². The normalized spacial score (nSPS) is 11.0. The van der Waals surface area contributed by atoms with Crippen LogP contribution in [0.1, 0.15) is 15.2 Å². The van der Waals surface area contributed by atoms with Gasteiger partial charge in [0.25, 0.3) is 11.8 Å². The highest BCUT2D eigenvalue weighted by atomic mass is 32.2. The Kier molecular flexibility index (Phi) is 7.40. The van der Waals surface area contributed by atoms with Gasteiger partial charge in [-0.2, -0.15) is 0 Å². The Hall–Kier alpha value is -3.21. The summed E-state index contributed by atoms with van der Waals surface area (Å²) >= 11 is 1.46. The van der Waals surface area contributed by atoms with E-state index in [1.807, 2.05) is 17.5 Å². The van der Waals surface area contributed by atoms with Gasteiger partial charge in [0.05, 0.1) is 4.90 Å². The molecule has 8 nitrogen and oxygen atoms in total. The molecule has 0 saturated carbocycles. The SMILES string of the molecule is CNC(=O)COc1cccc(NC(=O)c2ccc(S(=O)(=O)NCc3cccs3)cc2)c1. The van der Waals surface area contributed by atoms with Gasteiger partial charge < -0.3 is 15.4 Å². The monoisotopic (exact) mass is 459 g/mol. The number of anilines is 1. The van der Waals surface area contributed by atoms with Crippen LogP contribution in [0.5, 0.6) is 5.75 Å². The van der Waals surface area contributed by atoms with E-state index >= 15 is 0 Å². The van der Waals surface area contributed by atoms with E-state index in [1.165, 1.54) is 42.6 Å². The largest absolute Gasteiger partial charge is 0.484 e. The highest BCUT2D eigenvalue weighted by Crippen LogP contribution is 2.19. The summed E-state index contributed by atoms with van der Waals surface area (Å²) in [6.07, 6.45) is 0. The topological polar surface area (TPSA) is 114 Å². The quantitative estimate of drug-likeness (QED) is 0.455. The number of amides is 2. The van der Waals surface area contributed by atoms with E-state index in [4.69, 9.17) is 4.74 Å². The van der Waals surface area contributed by atoms with Crippen molar-refractivity contribution in [1.82, 2.24) is 10.0 Å². The molecule has 162 valence electrons. The van der Waals surface area contributed by atoms with Gasteiger partial charge in [-0.1, -0.05) is 12.1 Å². The summed E-state index contributed by atoms with van der Waals surface area (Å²) in [5, 5.41) is 7.05. The summed E-state index contributed by atoms with van der Waals surface area (Å²) in [5.74, 6) is -0.243. The molecule has 0 aliphatic carbocycles. The average Bonchev–Trinajstić information content (AvgIpc) is 3.30. The molecular weight excluding hydrogens is 438 g/mol. The number of hydrogen-bond donors (Lipinski definition) is 3. The summed E-state index contributed by atoms with van der Waals surface area (Å²) in [7, 11) is -2.17. The number of hydrogen-bond acceptors (Lipinski definition) is 6. The maximum absolute atomic E-state index is 12.5. The molecule has 3 aromatic rings. The van der Waals surface area contributed by atoms with Crippen molar-refractivity contribution in [2.24, 2.45) is 0 Å². The first-order chi connectivity index (χ1) is 14.9. The molecular formula is C21H21N3O5S2. The molecule has 0 atom stereocenters. The summed E-state index contributed by atoms with van der Waals surface area (Å²) in [4.78, 5) is 24.8. The van der Waals surface area contributed by atoms with E-state index in [2.05, 4.69) is 15.4 Å². The van der Waals surface area contributed by atoms with Crippen molar-refractivity contribution in [1.29, 1.82) is 0 Å². The first-order valence-corrected chi connectivity index (χ1v) is 11.6. The Morgan fingerprint density at radius 1 is 1.03 bits per heavy atom. The van der Waals surface area contributed by atoms with Crippen molar-refractivity contribution in [2.45, 2.75) is 11.4 Å². The van der Waals surface area contributed by atoms with Crippen LogP contribution in [0.2, 0.25) is 0 Å². The number of thiophene rings is 1. The van der Waals surface area contributed by atoms with Crippen molar-refractivity contribution in [3.8, 4) is 5.75 Å². The molecule has 2 amide bonds. The molecule has 3 N–H and O–H groups in total. The zero-order valence-electron chi connectivity index (χ0n) is 16.6. The maximum Gasteiger partial charge on any atom is 0.257 e. The van der Waals surface area contributed by atoms with Gasteiger partial charge in [-0.15, -0.1) is 11.3 Å². The molecule has 1 heterocycles. The van der Waals surface area contributed by atoms with Crippen LogP contribution in [0, 0.1) is 0 Å². The number of benzene rings is 2. The Morgan fingerprint density at radius 3 is 2.48 bits per heavy atom. The molecule has 2 aromatic carbocycles. The first-order valence-electron chi connectivity index (χ1n) is 9.24. The second kappa shape index (κ2) is 10.2. The zero-order chi connectivity index (χ0) is 22.3. The lowest BCUT2D eigenvalue weighted by Gasteiger charge is -2.10. The van der Waals surface area contributed by atoms with E-state index in [-0.39, 0.29) is 24.0 Å². The first kappa shape index (κ1) is 22.5. The highest BCUT2D eigenvalue weighted by Gasteiger charge is 2.15. The second-order valence-electron chi connectivity index (χ2n) is 6.37. The van der Waals surface area contributed by atoms with Gasteiger partial charge in [0.2, 0.25) is 10.0 Å². The van der Waals surface area contributed by atoms with E-state index < -0.39 is 15.9 Å².